The van der Waals surface area contributed by atoms with Crippen LogP contribution in [0.15, 0.2) is 0 Å². The molecule has 0 bridgehead atoms. The molecular formula is C66H128O17P2. The quantitative estimate of drug-likeness (QED) is 0.0222. The fraction of sp³-hybridized carbons (Fsp3) is 0.939. The molecule has 0 radical (unpaired) electrons. The van der Waals surface area contributed by atoms with E-state index in [9.17, 15) is 43.2 Å². The molecule has 0 aliphatic rings. The maximum Gasteiger partial charge on any atom is 0.472 e. The fourth-order valence-corrected chi connectivity index (χ4v) is 11.4. The number of carbonyl (C=O) groups excluding carboxylic acids is 4. The number of aliphatic hydroxyl groups excluding tert-OH is 1. The van der Waals surface area contributed by atoms with Crippen LogP contribution in [0.4, 0.5) is 0 Å². The van der Waals surface area contributed by atoms with E-state index in [0.29, 0.717) is 43.4 Å². The Kier molecular flexibility index (Phi) is 55.9. The van der Waals surface area contributed by atoms with Crippen LogP contribution < -0.4 is 0 Å². The summed E-state index contributed by atoms with van der Waals surface area (Å²) in [5.41, 5.74) is 0. The van der Waals surface area contributed by atoms with Gasteiger partial charge in [-0.25, -0.2) is 9.13 Å². The van der Waals surface area contributed by atoms with Gasteiger partial charge in [-0.3, -0.25) is 37.3 Å². The highest BCUT2D eigenvalue weighted by atomic mass is 31.2. The van der Waals surface area contributed by atoms with E-state index in [1.54, 1.807) is 0 Å². The molecule has 19 heteroatoms. The van der Waals surface area contributed by atoms with Gasteiger partial charge in [0.1, 0.15) is 19.3 Å². The number of hydrogen-bond acceptors (Lipinski definition) is 15. The van der Waals surface area contributed by atoms with Crippen molar-refractivity contribution in [2.75, 3.05) is 39.6 Å². The molecule has 0 heterocycles. The number of phosphoric ester groups is 2. The summed E-state index contributed by atoms with van der Waals surface area (Å²) in [6, 6.07) is 0. The number of carbonyl (C=O) groups is 4. The second kappa shape index (κ2) is 57.2. The Morgan fingerprint density at radius 2 is 0.541 bits per heavy atom. The summed E-state index contributed by atoms with van der Waals surface area (Å²) >= 11 is 0. The molecule has 0 rings (SSSR count). The average molecular weight is 1260 g/mol. The monoisotopic (exact) mass is 1250 g/mol. The molecule has 0 saturated carbocycles. The van der Waals surface area contributed by atoms with Crippen molar-refractivity contribution in [1.29, 1.82) is 0 Å². The van der Waals surface area contributed by atoms with Gasteiger partial charge < -0.3 is 33.8 Å². The number of unbranched alkanes of at least 4 members (excludes halogenated alkanes) is 32. The van der Waals surface area contributed by atoms with Gasteiger partial charge in [-0.2, -0.15) is 0 Å². The molecule has 0 aliphatic carbocycles. The van der Waals surface area contributed by atoms with Gasteiger partial charge in [0.05, 0.1) is 26.4 Å². The number of phosphoric acid groups is 2. The number of hydrogen-bond donors (Lipinski definition) is 3. The maximum absolute atomic E-state index is 13.0. The standard InChI is InChI=1S/C66H128O17P2/c1-8-9-10-11-12-13-14-15-16-17-18-19-26-35-42-49-65(70)82-61(53-76-63(68)47-40-33-27-20-23-30-37-44-57(2)3)55-80-84(72,73)78-51-60(67)52-79-85(74,75)81-56-62(83-66(71)50-43-36-29-22-25-32-39-46-59(6)7)54-77-64(69)48-41-34-28-21-24-31-38-45-58(4)5/h57-62,67H,8-56H2,1-7H3,(H,72,73)(H,74,75)/t60-,61-,62-/m1/s1. The molecule has 0 amide bonds. The molecule has 0 spiro atoms. The molecule has 5 atom stereocenters. The third kappa shape index (κ3) is 60.7. The second-order valence-corrected chi connectivity index (χ2v) is 28.2. The Balaban J connectivity index is 5.23. The first-order chi connectivity index (χ1) is 40.7. The summed E-state index contributed by atoms with van der Waals surface area (Å²) in [6.07, 6.45) is 39.2. The van der Waals surface area contributed by atoms with Crippen molar-refractivity contribution in [1.82, 2.24) is 0 Å². The van der Waals surface area contributed by atoms with E-state index in [2.05, 4.69) is 48.5 Å². The van der Waals surface area contributed by atoms with E-state index in [1.165, 1.54) is 122 Å². The predicted octanol–water partition coefficient (Wildman–Crippen LogP) is 18.3. The topological polar surface area (TPSA) is 237 Å². The molecule has 17 nitrogen and oxygen atoms in total. The fourth-order valence-electron chi connectivity index (χ4n) is 9.83. The molecule has 0 aromatic heterocycles. The molecular weight excluding hydrogens is 1130 g/mol. The maximum atomic E-state index is 13.0. The van der Waals surface area contributed by atoms with Gasteiger partial charge in [0.15, 0.2) is 12.2 Å². The minimum Gasteiger partial charge on any atom is -0.462 e. The largest absolute Gasteiger partial charge is 0.472 e. The van der Waals surface area contributed by atoms with E-state index in [4.69, 9.17) is 37.0 Å². The van der Waals surface area contributed by atoms with Gasteiger partial charge in [-0.15, -0.1) is 0 Å². The summed E-state index contributed by atoms with van der Waals surface area (Å²) in [5.74, 6) is -0.0296. The highest BCUT2D eigenvalue weighted by Gasteiger charge is 2.30. The lowest BCUT2D eigenvalue weighted by Gasteiger charge is -2.21. The summed E-state index contributed by atoms with van der Waals surface area (Å²) in [6.45, 7) is 11.6. The Bertz CT molecular complexity index is 1680. The lowest BCUT2D eigenvalue weighted by Crippen LogP contribution is -2.30. The molecule has 3 N–H and O–H groups in total. The van der Waals surface area contributed by atoms with Crippen LogP contribution in [0.1, 0.15) is 325 Å². The summed E-state index contributed by atoms with van der Waals surface area (Å²) < 4.78 is 68.1. The first kappa shape index (κ1) is 83.1. The SMILES string of the molecule is CCCCCCCCCCCCCCCCCC(=O)O[C@H](COC(=O)CCCCCCCCCC(C)C)COP(=O)(O)OC[C@@H](O)COP(=O)(O)OC[C@@H](COC(=O)CCCCCCCCCC(C)C)OC(=O)CCCCCCCCCC(C)C. The van der Waals surface area contributed by atoms with Crippen molar-refractivity contribution in [2.45, 2.75) is 343 Å². The van der Waals surface area contributed by atoms with Crippen LogP contribution in [0.25, 0.3) is 0 Å². The zero-order chi connectivity index (χ0) is 63.1. The van der Waals surface area contributed by atoms with Crippen molar-refractivity contribution in [3.8, 4) is 0 Å². The van der Waals surface area contributed by atoms with Crippen molar-refractivity contribution >= 4 is 39.5 Å². The van der Waals surface area contributed by atoms with Crippen molar-refractivity contribution < 1.29 is 80.2 Å². The van der Waals surface area contributed by atoms with Crippen LogP contribution in [0.3, 0.4) is 0 Å². The zero-order valence-corrected chi connectivity index (χ0v) is 56.9. The molecule has 0 aliphatic heterocycles. The third-order valence-corrected chi connectivity index (χ3v) is 17.0. The van der Waals surface area contributed by atoms with Crippen molar-refractivity contribution in [3.05, 3.63) is 0 Å². The molecule has 0 aromatic carbocycles. The number of esters is 4. The highest BCUT2D eigenvalue weighted by molar-refractivity contribution is 7.47. The molecule has 0 saturated heterocycles. The smallest absolute Gasteiger partial charge is 0.462 e. The minimum atomic E-state index is -4.95. The van der Waals surface area contributed by atoms with Gasteiger partial charge in [0.2, 0.25) is 0 Å². The lowest BCUT2D eigenvalue weighted by atomic mass is 10.0. The van der Waals surface area contributed by atoms with E-state index in [1.807, 2.05) is 0 Å². The summed E-state index contributed by atoms with van der Waals surface area (Å²) in [7, 11) is -9.89. The Labute approximate surface area is 517 Å². The van der Waals surface area contributed by atoms with Crippen LogP contribution in [0, 0.1) is 17.8 Å². The van der Waals surface area contributed by atoms with Crippen LogP contribution in [-0.4, -0.2) is 96.7 Å². The zero-order valence-electron chi connectivity index (χ0n) is 55.1. The van der Waals surface area contributed by atoms with E-state index >= 15 is 0 Å². The first-order valence-electron chi connectivity index (χ1n) is 34.3. The molecule has 0 aromatic rings. The van der Waals surface area contributed by atoms with Gasteiger partial charge >= 0.3 is 39.5 Å². The van der Waals surface area contributed by atoms with Gasteiger partial charge in [0.25, 0.3) is 0 Å². The Morgan fingerprint density at radius 3 is 0.800 bits per heavy atom. The number of ether oxygens (including phenoxy) is 4. The Hall–Kier alpha value is -1.94. The molecule has 0 fully saturated rings. The summed E-state index contributed by atoms with van der Waals surface area (Å²) in [4.78, 5) is 72.3. The first-order valence-corrected chi connectivity index (χ1v) is 37.3. The van der Waals surface area contributed by atoms with Crippen LogP contribution in [-0.2, 0) is 65.4 Å². The van der Waals surface area contributed by atoms with E-state index < -0.39 is 97.5 Å². The number of rotatable bonds is 64. The second-order valence-electron chi connectivity index (χ2n) is 25.3. The lowest BCUT2D eigenvalue weighted by molar-refractivity contribution is -0.161. The van der Waals surface area contributed by atoms with Crippen LogP contribution >= 0.6 is 15.6 Å². The Morgan fingerprint density at radius 1 is 0.318 bits per heavy atom. The van der Waals surface area contributed by atoms with Crippen molar-refractivity contribution in [2.24, 2.45) is 17.8 Å². The average Bonchev–Trinajstić information content (AvgIpc) is 3.56. The third-order valence-electron chi connectivity index (χ3n) is 15.1. The molecule has 85 heavy (non-hydrogen) atoms. The van der Waals surface area contributed by atoms with Gasteiger partial charge in [0, 0.05) is 25.7 Å². The van der Waals surface area contributed by atoms with Crippen molar-refractivity contribution in [3.63, 3.8) is 0 Å². The molecule has 2 unspecified atom stereocenters. The minimum absolute atomic E-state index is 0.102. The molecule has 504 valence electrons. The van der Waals surface area contributed by atoms with Gasteiger partial charge in [-0.05, 0) is 43.4 Å². The van der Waals surface area contributed by atoms with Gasteiger partial charge in [-0.1, -0.05) is 273 Å². The highest BCUT2D eigenvalue weighted by Crippen LogP contribution is 2.45. The van der Waals surface area contributed by atoms with E-state index in [0.717, 1.165) is 103 Å². The van der Waals surface area contributed by atoms with Crippen LogP contribution in [0.5, 0.6) is 0 Å². The summed E-state index contributed by atoms with van der Waals surface area (Å²) in [5, 5.41) is 10.5. The van der Waals surface area contributed by atoms with E-state index in [-0.39, 0.29) is 25.7 Å². The number of aliphatic hydroxyl groups is 1. The van der Waals surface area contributed by atoms with Crippen LogP contribution in [0.2, 0.25) is 0 Å². The predicted molar refractivity (Wildman–Crippen MR) is 340 cm³/mol. The normalized spacial score (nSPS) is 14.3.